The molecular weight excluding hydrogens is 445 g/mol. The number of hydrogen-bond donors (Lipinski definition) is 7. The van der Waals surface area contributed by atoms with E-state index in [4.69, 9.17) is 27.2 Å². The number of aromatic amines is 1. The Morgan fingerprint density at radius 2 is 2.10 bits per heavy atom. The summed E-state index contributed by atoms with van der Waals surface area (Å²) in [5, 5.41) is 39.9. The molecule has 8 N–H and O–H groups in total. The van der Waals surface area contributed by atoms with E-state index in [2.05, 4.69) is 9.51 Å². The van der Waals surface area contributed by atoms with Crippen LogP contribution in [-0.4, -0.2) is 84.1 Å². The molecule has 1 fully saturated rings. The van der Waals surface area contributed by atoms with Crippen molar-refractivity contribution in [1.29, 1.82) is 0 Å². The first-order valence-corrected chi connectivity index (χ1v) is 10.8. The number of nitrogens with one attached hydrogen (secondary N) is 1. The number of phosphoric acid groups is 1. The number of nitrogens with two attached hydrogens (primary N) is 1. The highest BCUT2D eigenvalue weighted by Gasteiger charge is 2.53. The third-order valence-corrected chi connectivity index (χ3v) is 5.89. The molecule has 0 saturated carbocycles. The maximum atomic E-state index is 12.0. The molecule has 0 spiro atoms. The summed E-state index contributed by atoms with van der Waals surface area (Å²) in [6.07, 6.45) is -5.31. The van der Waals surface area contributed by atoms with Crippen molar-refractivity contribution in [1.82, 2.24) is 9.55 Å². The summed E-state index contributed by atoms with van der Waals surface area (Å²) in [7, 11) is -4.67. The molecule has 172 valence electrons. The van der Waals surface area contributed by atoms with E-state index < -0.39 is 68.9 Å². The normalized spacial score (nSPS) is 31.8. The standard InChI is InChI=1S/C15H26N3O10PS/c1-7(19)11(21)8(16)5-26-29(24,25)27-6-9-12(22)15(2,23)13(28-9)18-4-3-10(20)17-14(18)30/h3-4,7-9,11-13,19,21-23H,5-6,16H2,1-2H3,(H,24,25)(H,17,20,30)/t7-,8+,9-,11-,12+,13-,15?/m1/s1. The molecule has 15 heteroatoms. The SMILES string of the molecule is C[C@@H](O)[C@@H](O)[C@@H](N)COP(=O)(O)OC[C@H]1O[C@@H](n2ccc(=O)[nH]c2=S)C(C)(O)[C@H]1O. The molecule has 8 atom stereocenters. The Hall–Kier alpha value is -1.03. The van der Waals surface area contributed by atoms with Gasteiger partial charge in [0.25, 0.3) is 5.56 Å². The Morgan fingerprint density at radius 3 is 2.67 bits per heavy atom. The van der Waals surface area contributed by atoms with Crippen LogP contribution in [0.1, 0.15) is 20.1 Å². The molecule has 0 aliphatic carbocycles. The lowest BCUT2D eigenvalue weighted by atomic mass is 9.96. The summed E-state index contributed by atoms with van der Waals surface area (Å²) in [4.78, 5) is 23.4. The molecule has 0 aromatic carbocycles. The highest BCUT2D eigenvalue weighted by molar-refractivity contribution is 7.71. The molecule has 1 aliphatic rings. The Labute approximate surface area is 176 Å². The van der Waals surface area contributed by atoms with Crippen LogP contribution in [0.25, 0.3) is 0 Å². The van der Waals surface area contributed by atoms with Gasteiger partial charge in [-0.1, -0.05) is 0 Å². The van der Waals surface area contributed by atoms with Gasteiger partial charge in [0.2, 0.25) is 0 Å². The number of H-pyrrole nitrogens is 1. The molecule has 0 amide bonds. The number of ether oxygens (including phenoxy) is 1. The van der Waals surface area contributed by atoms with Gasteiger partial charge in [-0.15, -0.1) is 0 Å². The van der Waals surface area contributed by atoms with Crippen LogP contribution in [0.5, 0.6) is 0 Å². The van der Waals surface area contributed by atoms with Gasteiger partial charge in [0.15, 0.2) is 11.0 Å². The van der Waals surface area contributed by atoms with Crippen LogP contribution in [0.15, 0.2) is 17.1 Å². The number of aliphatic hydroxyl groups excluding tert-OH is 3. The summed E-state index contributed by atoms with van der Waals surface area (Å²) >= 11 is 5.03. The number of aromatic nitrogens is 2. The van der Waals surface area contributed by atoms with Gasteiger partial charge < -0.3 is 35.8 Å². The highest BCUT2D eigenvalue weighted by Crippen LogP contribution is 2.45. The zero-order valence-electron chi connectivity index (χ0n) is 16.2. The Morgan fingerprint density at radius 1 is 1.47 bits per heavy atom. The molecule has 1 aromatic heterocycles. The van der Waals surface area contributed by atoms with E-state index in [1.165, 1.54) is 24.6 Å². The molecule has 2 rings (SSSR count). The van der Waals surface area contributed by atoms with Crippen LogP contribution >= 0.6 is 20.0 Å². The van der Waals surface area contributed by atoms with Crippen molar-refractivity contribution >= 4 is 20.0 Å². The average Bonchev–Trinajstić information content (AvgIpc) is 2.87. The lowest BCUT2D eigenvalue weighted by Gasteiger charge is -2.28. The summed E-state index contributed by atoms with van der Waals surface area (Å²) in [6.45, 7) is 1.31. The van der Waals surface area contributed by atoms with Gasteiger partial charge in [-0.2, -0.15) is 0 Å². The van der Waals surface area contributed by atoms with E-state index in [1.807, 2.05) is 0 Å². The summed E-state index contributed by atoms with van der Waals surface area (Å²) in [5.41, 5.74) is 3.20. The second-order valence-corrected chi connectivity index (χ2v) is 9.01. The van der Waals surface area contributed by atoms with Gasteiger partial charge in [0, 0.05) is 12.3 Å². The van der Waals surface area contributed by atoms with Crippen LogP contribution in [0, 0.1) is 4.77 Å². The van der Waals surface area contributed by atoms with Crippen LogP contribution in [0.2, 0.25) is 0 Å². The monoisotopic (exact) mass is 471 g/mol. The lowest BCUT2D eigenvalue weighted by molar-refractivity contribution is -0.0979. The van der Waals surface area contributed by atoms with Crippen molar-refractivity contribution in [3.05, 3.63) is 27.4 Å². The van der Waals surface area contributed by atoms with Gasteiger partial charge in [0.05, 0.1) is 31.5 Å². The maximum absolute atomic E-state index is 12.0. The third-order valence-electron chi connectivity index (χ3n) is 4.62. The van der Waals surface area contributed by atoms with Gasteiger partial charge in [-0.3, -0.25) is 23.4 Å². The first kappa shape index (κ1) is 25.2. The van der Waals surface area contributed by atoms with Crippen molar-refractivity contribution in [2.45, 2.75) is 56.1 Å². The first-order valence-electron chi connectivity index (χ1n) is 8.87. The second kappa shape index (κ2) is 9.63. The minimum atomic E-state index is -4.67. The van der Waals surface area contributed by atoms with Crippen molar-refractivity contribution in [3.8, 4) is 0 Å². The van der Waals surface area contributed by atoms with E-state index in [0.717, 1.165) is 6.07 Å². The van der Waals surface area contributed by atoms with Gasteiger partial charge in [-0.25, -0.2) is 4.57 Å². The van der Waals surface area contributed by atoms with Crippen molar-refractivity contribution in [3.63, 3.8) is 0 Å². The Balaban J connectivity index is 2.02. The second-order valence-electron chi connectivity index (χ2n) is 7.17. The predicted molar refractivity (Wildman–Crippen MR) is 104 cm³/mol. The topological polar surface area (TPSA) is 210 Å². The minimum Gasteiger partial charge on any atom is -0.391 e. The fraction of sp³-hybridized carbons (Fsp3) is 0.733. The van der Waals surface area contributed by atoms with E-state index in [0.29, 0.717) is 0 Å². The zero-order valence-corrected chi connectivity index (χ0v) is 17.9. The molecule has 0 bridgehead atoms. The first-order chi connectivity index (χ1) is 13.8. The Bertz CT molecular complexity index is 890. The smallest absolute Gasteiger partial charge is 0.391 e. The van der Waals surface area contributed by atoms with E-state index in [-0.39, 0.29) is 4.77 Å². The van der Waals surface area contributed by atoms with E-state index >= 15 is 0 Å². The average molecular weight is 471 g/mol. The molecule has 1 saturated heterocycles. The molecule has 2 unspecified atom stereocenters. The molecule has 13 nitrogen and oxygen atoms in total. The quantitative estimate of drug-likeness (QED) is 0.156. The number of rotatable bonds is 9. The Kier molecular flexibility index (Phi) is 8.10. The summed E-state index contributed by atoms with van der Waals surface area (Å²) in [5.74, 6) is 0. The number of nitrogens with zero attached hydrogens (tertiary/aromatic N) is 1. The number of aliphatic hydroxyl groups is 4. The largest absolute Gasteiger partial charge is 0.472 e. The minimum absolute atomic E-state index is 0.0663. The summed E-state index contributed by atoms with van der Waals surface area (Å²) in [6, 6.07) is -0.0128. The molecular formula is C15H26N3O10PS. The van der Waals surface area contributed by atoms with Crippen LogP contribution in [-0.2, 0) is 18.3 Å². The van der Waals surface area contributed by atoms with Crippen LogP contribution in [0.3, 0.4) is 0 Å². The number of hydrogen-bond acceptors (Lipinski definition) is 11. The van der Waals surface area contributed by atoms with Gasteiger partial charge in [-0.05, 0) is 26.1 Å². The highest BCUT2D eigenvalue weighted by atomic mass is 32.1. The van der Waals surface area contributed by atoms with Crippen LogP contribution < -0.4 is 11.3 Å². The van der Waals surface area contributed by atoms with Gasteiger partial charge in [0.1, 0.15) is 17.8 Å². The predicted octanol–water partition coefficient (Wildman–Crippen LogP) is -1.88. The maximum Gasteiger partial charge on any atom is 0.472 e. The van der Waals surface area contributed by atoms with Crippen molar-refractivity contribution < 1.29 is 43.7 Å². The molecule has 30 heavy (non-hydrogen) atoms. The molecule has 0 radical (unpaired) electrons. The van der Waals surface area contributed by atoms with Gasteiger partial charge >= 0.3 is 7.82 Å². The molecule has 2 heterocycles. The van der Waals surface area contributed by atoms with E-state index in [1.54, 1.807) is 0 Å². The fourth-order valence-corrected chi connectivity index (χ4v) is 3.86. The van der Waals surface area contributed by atoms with E-state index in [9.17, 15) is 34.7 Å². The fourth-order valence-electron chi connectivity index (χ4n) is 2.83. The molecule has 1 aliphatic heterocycles. The number of phosphoric ester groups is 1. The summed E-state index contributed by atoms with van der Waals surface area (Å²) < 4.78 is 28.2. The van der Waals surface area contributed by atoms with Crippen molar-refractivity contribution in [2.75, 3.05) is 13.2 Å². The van der Waals surface area contributed by atoms with Crippen molar-refractivity contribution in [2.24, 2.45) is 5.73 Å². The van der Waals surface area contributed by atoms with Crippen LogP contribution in [0.4, 0.5) is 0 Å². The third kappa shape index (κ3) is 5.81. The zero-order chi connectivity index (χ0) is 22.9. The lowest BCUT2D eigenvalue weighted by Crippen LogP contribution is -2.45. The molecule has 1 aromatic rings.